The first-order valence-corrected chi connectivity index (χ1v) is 11.1. The van der Waals surface area contributed by atoms with Crippen molar-refractivity contribution in [3.63, 3.8) is 0 Å². The Hall–Kier alpha value is -4.20. The lowest BCUT2D eigenvalue weighted by molar-refractivity contribution is -0.385. The third-order valence-electron chi connectivity index (χ3n) is 6.11. The number of anilines is 2. The van der Waals surface area contributed by atoms with Crippen LogP contribution in [0.3, 0.4) is 0 Å². The fourth-order valence-electron chi connectivity index (χ4n) is 4.13. The van der Waals surface area contributed by atoms with Gasteiger partial charge >= 0.3 is 6.03 Å². The van der Waals surface area contributed by atoms with E-state index in [-0.39, 0.29) is 23.3 Å². The molecule has 0 aromatic heterocycles. The van der Waals surface area contributed by atoms with Crippen LogP contribution < -0.4 is 10.2 Å². The molecule has 0 saturated carbocycles. The predicted octanol–water partition coefficient (Wildman–Crippen LogP) is 5.55. The van der Waals surface area contributed by atoms with Gasteiger partial charge in [0.05, 0.1) is 11.0 Å². The number of nitrogens with zero attached hydrogens (tertiary/aromatic N) is 3. The van der Waals surface area contributed by atoms with Gasteiger partial charge in [-0.25, -0.2) is 4.79 Å². The zero-order valence-electron chi connectivity index (χ0n) is 19.1. The molecule has 1 atom stereocenters. The van der Waals surface area contributed by atoms with Crippen molar-refractivity contribution in [3.05, 3.63) is 99.6 Å². The highest BCUT2D eigenvalue weighted by Crippen LogP contribution is 2.28. The molecule has 1 N–H and O–H groups in total. The topological polar surface area (TPSA) is 95.8 Å². The van der Waals surface area contributed by atoms with E-state index in [0.29, 0.717) is 24.3 Å². The Morgan fingerprint density at radius 3 is 2.41 bits per heavy atom. The highest BCUT2D eigenvalue weighted by molar-refractivity contribution is 6.05. The quantitative estimate of drug-likeness (QED) is 0.387. The minimum absolute atomic E-state index is 0.0337. The number of amides is 3. The number of hydrogen-bond acceptors (Lipinski definition) is 4. The Balaban J connectivity index is 1.46. The fraction of sp³-hybridized carbons (Fsp3) is 0.231. The molecule has 0 spiro atoms. The van der Waals surface area contributed by atoms with Crippen LogP contribution in [0.25, 0.3) is 0 Å². The molecule has 3 amide bonds. The summed E-state index contributed by atoms with van der Waals surface area (Å²) in [6.45, 7) is 4.98. The number of rotatable bonds is 6. The summed E-state index contributed by atoms with van der Waals surface area (Å²) in [5.74, 6) is -0.437. The fourth-order valence-corrected chi connectivity index (χ4v) is 4.13. The number of carbonyl (C=O) groups excluding carboxylic acids is 2. The predicted molar refractivity (Wildman–Crippen MR) is 131 cm³/mol. The van der Waals surface area contributed by atoms with Gasteiger partial charge in [-0.15, -0.1) is 0 Å². The van der Waals surface area contributed by atoms with E-state index in [1.807, 2.05) is 42.2 Å². The van der Waals surface area contributed by atoms with Gasteiger partial charge in [-0.2, -0.15) is 0 Å². The van der Waals surface area contributed by atoms with Crippen LogP contribution in [0.2, 0.25) is 0 Å². The van der Waals surface area contributed by atoms with Crippen LogP contribution in [0, 0.1) is 17.0 Å². The number of nitro groups is 1. The lowest BCUT2D eigenvalue weighted by Gasteiger charge is -2.39. The summed E-state index contributed by atoms with van der Waals surface area (Å²) in [5, 5.41) is 13.9. The summed E-state index contributed by atoms with van der Waals surface area (Å²) < 4.78 is 0. The van der Waals surface area contributed by atoms with E-state index in [1.165, 1.54) is 6.07 Å². The zero-order chi connectivity index (χ0) is 24.2. The molecule has 1 aliphatic rings. The summed E-state index contributed by atoms with van der Waals surface area (Å²) in [7, 11) is 0. The molecule has 1 fully saturated rings. The molecule has 0 radical (unpaired) electrons. The third-order valence-corrected chi connectivity index (χ3v) is 6.11. The van der Waals surface area contributed by atoms with Crippen LogP contribution in [0.4, 0.5) is 21.9 Å². The minimum Gasteiger partial charge on any atom is -0.322 e. The normalized spacial score (nSPS) is 14.6. The van der Waals surface area contributed by atoms with Gasteiger partial charge in [0.2, 0.25) is 0 Å². The molecular formula is C26H26N4O4. The molecule has 1 saturated heterocycles. The average molecular weight is 459 g/mol. The second-order valence-corrected chi connectivity index (χ2v) is 8.33. The van der Waals surface area contributed by atoms with Gasteiger partial charge in [-0.3, -0.25) is 19.8 Å². The van der Waals surface area contributed by atoms with Gasteiger partial charge in [-0.05, 0) is 56.2 Å². The van der Waals surface area contributed by atoms with Crippen molar-refractivity contribution in [3.8, 4) is 0 Å². The molecule has 4 rings (SSSR count). The Bertz CT molecular complexity index is 1210. The number of aryl methyl sites for hydroxylation is 1. The van der Waals surface area contributed by atoms with E-state index in [0.717, 1.165) is 17.7 Å². The summed E-state index contributed by atoms with van der Waals surface area (Å²) in [6.07, 6.45) is 0.855. The summed E-state index contributed by atoms with van der Waals surface area (Å²) in [4.78, 5) is 40.1. The Kier molecular flexibility index (Phi) is 6.58. The van der Waals surface area contributed by atoms with Crippen LogP contribution >= 0.6 is 0 Å². The number of nitro benzene ring substituents is 1. The number of urea groups is 1. The van der Waals surface area contributed by atoms with Crippen molar-refractivity contribution < 1.29 is 14.5 Å². The highest BCUT2D eigenvalue weighted by Gasteiger charge is 2.30. The number of carbonyl (C=O) groups is 2. The van der Waals surface area contributed by atoms with Crippen LogP contribution in [0.5, 0.6) is 0 Å². The molecule has 174 valence electrons. The van der Waals surface area contributed by atoms with Gasteiger partial charge in [0.25, 0.3) is 11.6 Å². The lowest BCUT2D eigenvalue weighted by atomic mass is 10.1. The van der Waals surface area contributed by atoms with Crippen LogP contribution in [-0.2, 0) is 0 Å². The summed E-state index contributed by atoms with van der Waals surface area (Å²) in [5.41, 5.74) is 2.98. The molecule has 34 heavy (non-hydrogen) atoms. The smallest absolute Gasteiger partial charge is 0.322 e. The molecule has 3 aromatic carbocycles. The van der Waals surface area contributed by atoms with Crippen LogP contribution in [-0.4, -0.2) is 34.9 Å². The number of benzene rings is 3. The lowest BCUT2D eigenvalue weighted by Crippen LogP contribution is -2.50. The number of nitrogens with one attached hydrogen (secondary N) is 1. The van der Waals surface area contributed by atoms with Crippen LogP contribution in [0.15, 0.2) is 72.8 Å². The van der Waals surface area contributed by atoms with Crippen molar-refractivity contribution in [2.45, 2.75) is 26.3 Å². The molecular weight excluding hydrogens is 432 g/mol. The first kappa shape index (κ1) is 23.0. The van der Waals surface area contributed by atoms with Gasteiger partial charge in [0.15, 0.2) is 0 Å². The maximum absolute atomic E-state index is 13.2. The van der Waals surface area contributed by atoms with E-state index < -0.39 is 10.8 Å². The standard InChI is InChI=1S/C26H26N4O4/c1-18-9-10-21(17-24(18)30(33)34)25(31)27-22-11-13-23(14-12-22)29-16-6-15-28(26(29)32)19(2)20-7-4-3-5-8-20/h3-5,7-14,17,19H,6,15-16H2,1-2H3,(H,27,31)/t19-/m0/s1. The largest absolute Gasteiger partial charge is 0.324 e. The molecule has 0 unspecified atom stereocenters. The van der Waals surface area contributed by atoms with Crippen molar-refractivity contribution in [2.24, 2.45) is 0 Å². The zero-order valence-corrected chi connectivity index (χ0v) is 19.1. The summed E-state index contributed by atoms with van der Waals surface area (Å²) in [6, 6.07) is 21.3. The van der Waals surface area contributed by atoms with Crippen molar-refractivity contribution in [1.29, 1.82) is 0 Å². The monoisotopic (exact) mass is 458 g/mol. The van der Waals surface area contributed by atoms with Crippen LogP contribution in [0.1, 0.15) is 40.9 Å². The molecule has 1 heterocycles. The Labute approximate surface area is 198 Å². The SMILES string of the molecule is Cc1ccc(C(=O)Nc2ccc(N3CCCN([C@@H](C)c4ccccc4)C3=O)cc2)cc1[N+](=O)[O-]. The average Bonchev–Trinajstić information content (AvgIpc) is 2.85. The van der Waals surface area contributed by atoms with E-state index in [2.05, 4.69) is 5.32 Å². The molecule has 8 nitrogen and oxygen atoms in total. The molecule has 1 aliphatic heterocycles. The minimum atomic E-state index is -0.502. The third kappa shape index (κ3) is 4.76. The van der Waals surface area contributed by atoms with Crippen molar-refractivity contribution >= 4 is 29.0 Å². The maximum Gasteiger partial charge on any atom is 0.324 e. The van der Waals surface area contributed by atoms with Gasteiger partial charge in [0, 0.05) is 41.7 Å². The second-order valence-electron chi connectivity index (χ2n) is 8.33. The Morgan fingerprint density at radius 1 is 1.03 bits per heavy atom. The first-order chi connectivity index (χ1) is 16.3. The molecule has 0 bridgehead atoms. The maximum atomic E-state index is 13.2. The second kappa shape index (κ2) is 9.74. The summed E-state index contributed by atoms with van der Waals surface area (Å²) >= 11 is 0. The van der Waals surface area contributed by atoms with Gasteiger partial charge < -0.3 is 10.2 Å². The van der Waals surface area contributed by atoms with E-state index >= 15 is 0 Å². The van der Waals surface area contributed by atoms with Gasteiger partial charge in [-0.1, -0.05) is 36.4 Å². The highest BCUT2D eigenvalue weighted by atomic mass is 16.6. The number of hydrogen-bond donors (Lipinski definition) is 1. The van der Waals surface area contributed by atoms with Gasteiger partial charge in [0.1, 0.15) is 0 Å². The van der Waals surface area contributed by atoms with Crippen molar-refractivity contribution in [2.75, 3.05) is 23.3 Å². The molecule has 3 aromatic rings. The van der Waals surface area contributed by atoms with E-state index in [1.54, 1.807) is 48.2 Å². The molecule has 8 heteroatoms. The van der Waals surface area contributed by atoms with E-state index in [9.17, 15) is 19.7 Å². The first-order valence-electron chi connectivity index (χ1n) is 11.1. The van der Waals surface area contributed by atoms with E-state index in [4.69, 9.17) is 0 Å². The molecule has 0 aliphatic carbocycles. The Morgan fingerprint density at radius 2 is 1.74 bits per heavy atom. The van der Waals surface area contributed by atoms with Crippen molar-refractivity contribution in [1.82, 2.24) is 4.90 Å².